The molecule has 0 radical (unpaired) electrons. The van der Waals surface area contributed by atoms with E-state index in [1.165, 1.54) is 0 Å². The van der Waals surface area contributed by atoms with Crippen LogP contribution in [0.15, 0.2) is 6.20 Å². The lowest BCUT2D eigenvalue weighted by atomic mass is 10.2. The van der Waals surface area contributed by atoms with Crippen LogP contribution in [0.25, 0.3) is 11.3 Å². The Bertz CT molecular complexity index is 550. The van der Waals surface area contributed by atoms with Gasteiger partial charge in [0, 0.05) is 24.8 Å². The second-order valence-corrected chi connectivity index (χ2v) is 4.67. The summed E-state index contributed by atoms with van der Waals surface area (Å²) in [6.45, 7) is 7.14. The van der Waals surface area contributed by atoms with Crippen molar-refractivity contribution >= 4 is 5.82 Å². The van der Waals surface area contributed by atoms with Crippen LogP contribution in [0.3, 0.4) is 0 Å². The van der Waals surface area contributed by atoms with Gasteiger partial charge in [-0.25, -0.2) is 4.98 Å². The van der Waals surface area contributed by atoms with Gasteiger partial charge >= 0.3 is 0 Å². The van der Waals surface area contributed by atoms with E-state index in [4.69, 9.17) is 5.73 Å². The SMILES string of the molecule is CCCCn1c(C)nc(-c2cnn(C)c2C)c1N. The number of anilines is 1. The number of nitrogen functional groups attached to an aromatic ring is 1. The van der Waals surface area contributed by atoms with E-state index in [9.17, 15) is 0 Å². The quantitative estimate of drug-likeness (QED) is 0.901. The van der Waals surface area contributed by atoms with Crippen LogP contribution in [0.5, 0.6) is 0 Å². The van der Waals surface area contributed by atoms with Crippen molar-refractivity contribution in [3.05, 3.63) is 17.7 Å². The van der Waals surface area contributed by atoms with Gasteiger partial charge in [0.2, 0.25) is 0 Å². The molecule has 2 aromatic rings. The van der Waals surface area contributed by atoms with Crippen LogP contribution in [0.1, 0.15) is 31.3 Å². The van der Waals surface area contributed by atoms with Crippen molar-refractivity contribution in [3.63, 3.8) is 0 Å². The Labute approximate surface area is 108 Å². The van der Waals surface area contributed by atoms with E-state index in [0.29, 0.717) is 0 Å². The fourth-order valence-electron chi connectivity index (χ4n) is 2.11. The maximum Gasteiger partial charge on any atom is 0.131 e. The average Bonchev–Trinajstić information content (AvgIpc) is 2.80. The van der Waals surface area contributed by atoms with E-state index in [0.717, 1.165) is 48.0 Å². The molecule has 0 amide bonds. The zero-order chi connectivity index (χ0) is 13.3. The van der Waals surface area contributed by atoms with Crippen LogP contribution in [0, 0.1) is 13.8 Å². The molecule has 0 atom stereocenters. The first-order chi connectivity index (χ1) is 8.56. The molecule has 98 valence electrons. The highest BCUT2D eigenvalue weighted by Crippen LogP contribution is 2.28. The molecule has 18 heavy (non-hydrogen) atoms. The number of unbranched alkanes of at least 4 members (excludes halogenated alkanes) is 1. The molecular formula is C13H21N5. The van der Waals surface area contributed by atoms with E-state index in [-0.39, 0.29) is 0 Å². The molecule has 0 fully saturated rings. The monoisotopic (exact) mass is 247 g/mol. The van der Waals surface area contributed by atoms with Gasteiger partial charge in [-0.05, 0) is 20.3 Å². The zero-order valence-electron chi connectivity index (χ0n) is 11.6. The van der Waals surface area contributed by atoms with Gasteiger partial charge in [-0.2, -0.15) is 5.10 Å². The van der Waals surface area contributed by atoms with Gasteiger partial charge in [0.25, 0.3) is 0 Å². The number of hydrogen-bond acceptors (Lipinski definition) is 3. The summed E-state index contributed by atoms with van der Waals surface area (Å²) in [4.78, 5) is 4.59. The summed E-state index contributed by atoms with van der Waals surface area (Å²) < 4.78 is 3.93. The third kappa shape index (κ3) is 2.00. The Morgan fingerprint density at radius 1 is 1.33 bits per heavy atom. The first kappa shape index (κ1) is 12.7. The van der Waals surface area contributed by atoms with Gasteiger partial charge in [-0.1, -0.05) is 13.3 Å². The molecule has 0 aliphatic rings. The average molecular weight is 247 g/mol. The van der Waals surface area contributed by atoms with Crippen molar-refractivity contribution in [3.8, 4) is 11.3 Å². The summed E-state index contributed by atoms with van der Waals surface area (Å²) in [6.07, 6.45) is 4.10. The number of nitrogens with two attached hydrogens (primary N) is 1. The molecule has 5 nitrogen and oxygen atoms in total. The highest BCUT2D eigenvalue weighted by Gasteiger charge is 2.16. The van der Waals surface area contributed by atoms with Crippen molar-refractivity contribution in [1.29, 1.82) is 0 Å². The van der Waals surface area contributed by atoms with E-state index in [2.05, 4.69) is 21.6 Å². The highest BCUT2D eigenvalue weighted by molar-refractivity contribution is 5.72. The molecule has 2 rings (SSSR count). The zero-order valence-corrected chi connectivity index (χ0v) is 11.6. The van der Waals surface area contributed by atoms with Crippen LogP contribution in [-0.4, -0.2) is 19.3 Å². The van der Waals surface area contributed by atoms with Gasteiger partial charge in [-0.15, -0.1) is 0 Å². The summed E-state index contributed by atoms with van der Waals surface area (Å²) >= 11 is 0. The Balaban J connectivity index is 2.44. The maximum atomic E-state index is 6.22. The van der Waals surface area contributed by atoms with Crippen LogP contribution in [-0.2, 0) is 13.6 Å². The third-order valence-corrected chi connectivity index (χ3v) is 3.42. The molecule has 2 aromatic heterocycles. The molecule has 0 saturated carbocycles. The summed E-state index contributed by atoms with van der Waals surface area (Å²) in [7, 11) is 1.93. The molecule has 0 bridgehead atoms. The fourth-order valence-corrected chi connectivity index (χ4v) is 2.11. The Morgan fingerprint density at radius 2 is 2.06 bits per heavy atom. The summed E-state index contributed by atoms with van der Waals surface area (Å²) in [5, 5.41) is 4.25. The predicted molar refractivity (Wildman–Crippen MR) is 73.2 cm³/mol. The van der Waals surface area contributed by atoms with Gasteiger partial charge in [0.05, 0.1) is 6.20 Å². The number of nitrogens with zero attached hydrogens (tertiary/aromatic N) is 4. The lowest BCUT2D eigenvalue weighted by Crippen LogP contribution is -2.05. The molecule has 0 aliphatic carbocycles. The Kier molecular flexibility index (Phi) is 3.41. The number of aryl methyl sites for hydroxylation is 2. The van der Waals surface area contributed by atoms with Gasteiger partial charge in [0.1, 0.15) is 17.3 Å². The lowest BCUT2D eigenvalue weighted by Gasteiger charge is -2.06. The number of hydrogen-bond donors (Lipinski definition) is 1. The van der Waals surface area contributed by atoms with Gasteiger partial charge in [0.15, 0.2) is 0 Å². The van der Waals surface area contributed by atoms with Crippen LogP contribution in [0.2, 0.25) is 0 Å². The molecule has 2 heterocycles. The lowest BCUT2D eigenvalue weighted by molar-refractivity contribution is 0.622. The first-order valence-corrected chi connectivity index (χ1v) is 6.37. The minimum Gasteiger partial charge on any atom is -0.383 e. The molecule has 0 aliphatic heterocycles. The molecule has 0 aromatic carbocycles. The molecule has 5 heteroatoms. The normalized spacial score (nSPS) is 11.1. The molecule has 2 N–H and O–H groups in total. The largest absolute Gasteiger partial charge is 0.383 e. The van der Waals surface area contributed by atoms with E-state index < -0.39 is 0 Å². The standard InChI is InChI=1S/C13H21N5/c1-5-6-7-18-10(3)16-12(13(18)14)11-8-15-17(4)9(11)2/h8H,5-7,14H2,1-4H3. The highest BCUT2D eigenvalue weighted by atomic mass is 15.3. The molecule has 0 spiro atoms. The van der Waals surface area contributed by atoms with E-state index in [1.54, 1.807) is 0 Å². The van der Waals surface area contributed by atoms with Gasteiger partial charge < -0.3 is 10.3 Å². The number of aromatic nitrogens is 4. The summed E-state index contributed by atoms with van der Waals surface area (Å²) in [5.74, 6) is 1.72. The summed E-state index contributed by atoms with van der Waals surface area (Å²) in [5.41, 5.74) is 9.18. The second-order valence-electron chi connectivity index (χ2n) is 4.67. The fraction of sp³-hybridized carbons (Fsp3) is 0.538. The van der Waals surface area contributed by atoms with Crippen molar-refractivity contribution < 1.29 is 0 Å². The predicted octanol–water partition coefficient (Wildman–Crippen LogP) is 2.28. The molecular weight excluding hydrogens is 226 g/mol. The number of imidazole rings is 1. The molecule has 0 saturated heterocycles. The first-order valence-electron chi connectivity index (χ1n) is 6.37. The Hall–Kier alpha value is -1.78. The smallest absolute Gasteiger partial charge is 0.131 e. The minimum atomic E-state index is 0.747. The number of rotatable bonds is 4. The van der Waals surface area contributed by atoms with Gasteiger partial charge in [-0.3, -0.25) is 4.68 Å². The second kappa shape index (κ2) is 4.84. The van der Waals surface area contributed by atoms with Crippen molar-refractivity contribution in [2.75, 3.05) is 5.73 Å². The topological polar surface area (TPSA) is 61.7 Å². The van der Waals surface area contributed by atoms with E-state index in [1.807, 2.05) is 31.8 Å². The van der Waals surface area contributed by atoms with Crippen LogP contribution >= 0.6 is 0 Å². The van der Waals surface area contributed by atoms with Crippen LogP contribution in [0.4, 0.5) is 5.82 Å². The third-order valence-electron chi connectivity index (χ3n) is 3.42. The maximum absolute atomic E-state index is 6.22. The van der Waals surface area contributed by atoms with Crippen molar-refractivity contribution in [1.82, 2.24) is 19.3 Å². The molecule has 0 unspecified atom stereocenters. The summed E-state index contributed by atoms with van der Waals surface area (Å²) in [6, 6.07) is 0. The van der Waals surface area contributed by atoms with Crippen molar-refractivity contribution in [2.45, 2.75) is 40.2 Å². The van der Waals surface area contributed by atoms with Crippen molar-refractivity contribution in [2.24, 2.45) is 7.05 Å². The van der Waals surface area contributed by atoms with Crippen LogP contribution < -0.4 is 5.73 Å². The Morgan fingerprint density at radius 3 is 2.61 bits per heavy atom. The van der Waals surface area contributed by atoms with E-state index >= 15 is 0 Å². The minimum absolute atomic E-state index is 0.747.